The monoisotopic (exact) mass is 407 g/mol. The molecule has 2 aromatic heterocycles. The van der Waals surface area contributed by atoms with E-state index in [1.54, 1.807) is 36.2 Å². The second kappa shape index (κ2) is 7.35. The summed E-state index contributed by atoms with van der Waals surface area (Å²) in [6.45, 7) is 4.62. The molecule has 1 amide bonds. The molecule has 0 spiro atoms. The molecule has 0 saturated carbocycles. The van der Waals surface area contributed by atoms with E-state index in [0.717, 1.165) is 10.4 Å². The van der Waals surface area contributed by atoms with Crippen molar-refractivity contribution < 1.29 is 18.0 Å². The second-order valence-electron chi connectivity index (χ2n) is 7.98. The van der Waals surface area contributed by atoms with Crippen LogP contribution in [0.2, 0.25) is 0 Å². The fourth-order valence-corrected chi connectivity index (χ4v) is 4.32. The number of carbonyl (C=O) groups excluding carboxylic acids is 1. The standard InChI is InChI=1S/C20H24F3N5O/c1-12-3-4-15(11-24-12)19(29)27-7-5-14(6-8-27)16-10-17(20(21,22)23)28-18(25-16)9-13(2)26-28/h3-4,9,11,14,16-17,25H,5-8,10H2,1-2H3/t16-,17+/m0/s1. The Hall–Kier alpha value is -2.58. The molecule has 2 atom stereocenters. The number of hydrogen-bond donors (Lipinski definition) is 1. The van der Waals surface area contributed by atoms with Crippen LogP contribution < -0.4 is 5.32 Å². The zero-order chi connectivity index (χ0) is 20.8. The number of fused-ring (bicyclic) bond motifs is 1. The first-order chi connectivity index (χ1) is 13.7. The minimum atomic E-state index is -4.34. The number of piperidine rings is 1. The van der Waals surface area contributed by atoms with E-state index in [1.165, 1.54) is 0 Å². The van der Waals surface area contributed by atoms with Crippen LogP contribution in [-0.2, 0) is 0 Å². The van der Waals surface area contributed by atoms with Gasteiger partial charge in [0, 0.05) is 37.1 Å². The van der Waals surface area contributed by atoms with Gasteiger partial charge in [-0.05, 0) is 51.2 Å². The number of amides is 1. The third kappa shape index (κ3) is 3.95. The molecule has 6 nitrogen and oxygen atoms in total. The average Bonchev–Trinajstić information content (AvgIpc) is 3.06. The van der Waals surface area contributed by atoms with Crippen LogP contribution in [0, 0.1) is 19.8 Å². The normalized spacial score (nSPS) is 22.9. The summed E-state index contributed by atoms with van der Waals surface area (Å²) in [6.07, 6.45) is -1.48. The van der Waals surface area contributed by atoms with Crippen molar-refractivity contribution in [2.75, 3.05) is 18.4 Å². The van der Waals surface area contributed by atoms with E-state index in [9.17, 15) is 18.0 Å². The number of anilines is 1. The highest BCUT2D eigenvalue weighted by atomic mass is 19.4. The number of halogens is 3. The highest BCUT2D eigenvalue weighted by Crippen LogP contribution is 2.42. The molecule has 1 fully saturated rings. The van der Waals surface area contributed by atoms with Gasteiger partial charge in [-0.15, -0.1) is 0 Å². The Labute approximate surface area is 167 Å². The van der Waals surface area contributed by atoms with Crippen molar-refractivity contribution in [2.45, 2.75) is 51.4 Å². The van der Waals surface area contributed by atoms with Crippen molar-refractivity contribution in [1.82, 2.24) is 19.7 Å². The summed E-state index contributed by atoms with van der Waals surface area (Å²) in [5.74, 6) is 0.420. The van der Waals surface area contributed by atoms with Gasteiger partial charge < -0.3 is 10.2 Å². The molecule has 9 heteroatoms. The number of nitrogens with zero attached hydrogens (tertiary/aromatic N) is 4. The molecule has 2 aliphatic heterocycles. The van der Waals surface area contributed by atoms with Crippen LogP contribution in [-0.4, -0.2) is 50.9 Å². The first-order valence-electron chi connectivity index (χ1n) is 9.83. The van der Waals surface area contributed by atoms with Crippen molar-refractivity contribution >= 4 is 11.7 Å². The lowest BCUT2D eigenvalue weighted by Crippen LogP contribution is -2.47. The molecule has 2 aliphatic rings. The summed E-state index contributed by atoms with van der Waals surface area (Å²) < 4.78 is 41.9. The van der Waals surface area contributed by atoms with E-state index < -0.39 is 12.2 Å². The number of nitrogens with one attached hydrogen (secondary N) is 1. The summed E-state index contributed by atoms with van der Waals surface area (Å²) in [5, 5.41) is 7.29. The Morgan fingerprint density at radius 1 is 1.17 bits per heavy atom. The third-order valence-corrected chi connectivity index (χ3v) is 5.90. The number of aromatic nitrogens is 3. The Morgan fingerprint density at radius 3 is 2.52 bits per heavy atom. The predicted molar refractivity (Wildman–Crippen MR) is 102 cm³/mol. The number of rotatable bonds is 2. The van der Waals surface area contributed by atoms with Crippen LogP contribution in [0.3, 0.4) is 0 Å². The SMILES string of the molecule is Cc1ccc(C(=O)N2CCC([C@@H]3C[C@H](C(F)(F)F)n4nc(C)cc4N3)CC2)cn1. The molecule has 1 N–H and O–H groups in total. The van der Waals surface area contributed by atoms with Gasteiger partial charge >= 0.3 is 6.18 Å². The van der Waals surface area contributed by atoms with E-state index >= 15 is 0 Å². The summed E-state index contributed by atoms with van der Waals surface area (Å²) in [5.41, 5.74) is 1.95. The molecule has 4 heterocycles. The van der Waals surface area contributed by atoms with Crippen LogP contribution in [0.25, 0.3) is 0 Å². The molecule has 0 aliphatic carbocycles. The molecule has 0 unspecified atom stereocenters. The van der Waals surface area contributed by atoms with Crippen molar-refractivity contribution in [3.8, 4) is 0 Å². The number of carbonyl (C=O) groups is 1. The van der Waals surface area contributed by atoms with Crippen molar-refractivity contribution in [3.63, 3.8) is 0 Å². The van der Waals surface area contributed by atoms with Crippen molar-refractivity contribution in [2.24, 2.45) is 5.92 Å². The van der Waals surface area contributed by atoms with Crippen molar-refractivity contribution in [1.29, 1.82) is 0 Å². The maximum atomic E-state index is 13.6. The zero-order valence-electron chi connectivity index (χ0n) is 16.4. The Kier molecular flexibility index (Phi) is 5.00. The van der Waals surface area contributed by atoms with Gasteiger partial charge in [0.15, 0.2) is 6.04 Å². The van der Waals surface area contributed by atoms with Crippen LogP contribution in [0.15, 0.2) is 24.4 Å². The minimum absolute atomic E-state index is 0.0435. The first kappa shape index (κ1) is 19.7. The minimum Gasteiger partial charge on any atom is -0.367 e. The maximum Gasteiger partial charge on any atom is 0.410 e. The topological polar surface area (TPSA) is 63.1 Å². The highest BCUT2D eigenvalue weighted by Gasteiger charge is 2.47. The molecule has 4 rings (SSSR count). The van der Waals surface area contributed by atoms with Crippen LogP contribution in [0.4, 0.5) is 19.0 Å². The Morgan fingerprint density at radius 2 is 1.90 bits per heavy atom. The Bertz CT molecular complexity index is 885. The number of alkyl halides is 3. The van der Waals surface area contributed by atoms with E-state index in [0.29, 0.717) is 43.0 Å². The summed E-state index contributed by atoms with van der Waals surface area (Å²) in [4.78, 5) is 18.6. The molecule has 1 saturated heterocycles. The highest BCUT2D eigenvalue weighted by molar-refractivity contribution is 5.94. The van der Waals surface area contributed by atoms with Gasteiger partial charge in [0.05, 0.1) is 11.3 Å². The molecule has 0 bridgehead atoms. The number of hydrogen-bond acceptors (Lipinski definition) is 4. The fraction of sp³-hybridized carbons (Fsp3) is 0.550. The van der Waals surface area contributed by atoms with Crippen molar-refractivity contribution in [3.05, 3.63) is 41.3 Å². The van der Waals surface area contributed by atoms with E-state index in [4.69, 9.17) is 0 Å². The van der Waals surface area contributed by atoms with Gasteiger partial charge in [0.2, 0.25) is 0 Å². The third-order valence-electron chi connectivity index (χ3n) is 5.90. The van der Waals surface area contributed by atoms with Gasteiger partial charge in [-0.3, -0.25) is 9.78 Å². The molecular formula is C20H24F3N5O. The van der Waals surface area contributed by atoms with Gasteiger partial charge in [-0.1, -0.05) is 0 Å². The second-order valence-corrected chi connectivity index (χ2v) is 7.98. The number of aryl methyl sites for hydroxylation is 2. The molecule has 29 heavy (non-hydrogen) atoms. The summed E-state index contributed by atoms with van der Waals surface area (Å²) in [7, 11) is 0. The molecule has 0 radical (unpaired) electrons. The van der Waals surface area contributed by atoms with Gasteiger partial charge in [-0.25, -0.2) is 4.68 Å². The number of likely N-dealkylation sites (tertiary alicyclic amines) is 1. The summed E-state index contributed by atoms with van der Waals surface area (Å²) >= 11 is 0. The van der Waals surface area contributed by atoms with Crippen LogP contribution in [0.5, 0.6) is 0 Å². The lowest BCUT2D eigenvalue weighted by molar-refractivity contribution is -0.174. The predicted octanol–water partition coefficient (Wildman–Crippen LogP) is 3.73. The van der Waals surface area contributed by atoms with E-state index in [-0.39, 0.29) is 24.3 Å². The smallest absolute Gasteiger partial charge is 0.367 e. The maximum absolute atomic E-state index is 13.6. The van der Waals surface area contributed by atoms with Gasteiger partial charge in [-0.2, -0.15) is 18.3 Å². The van der Waals surface area contributed by atoms with E-state index in [1.807, 2.05) is 6.92 Å². The van der Waals surface area contributed by atoms with Gasteiger partial charge in [0.25, 0.3) is 5.91 Å². The van der Waals surface area contributed by atoms with Gasteiger partial charge in [0.1, 0.15) is 5.82 Å². The number of pyridine rings is 1. The average molecular weight is 407 g/mol. The van der Waals surface area contributed by atoms with E-state index in [2.05, 4.69) is 15.4 Å². The largest absolute Gasteiger partial charge is 0.410 e. The molecule has 2 aromatic rings. The molecule has 156 valence electrons. The molecule has 0 aromatic carbocycles. The quantitative estimate of drug-likeness (QED) is 0.824. The lowest BCUT2D eigenvalue weighted by Gasteiger charge is -2.41. The van der Waals surface area contributed by atoms with Crippen LogP contribution in [0.1, 0.15) is 47.1 Å². The summed E-state index contributed by atoms with van der Waals surface area (Å²) in [6, 6.07) is 3.32. The van der Waals surface area contributed by atoms with Crippen LogP contribution >= 0.6 is 0 Å². The zero-order valence-corrected chi connectivity index (χ0v) is 16.4. The lowest BCUT2D eigenvalue weighted by atomic mass is 9.84. The Balaban J connectivity index is 1.43. The first-order valence-corrected chi connectivity index (χ1v) is 9.83. The molecular weight excluding hydrogens is 383 g/mol. The fourth-order valence-electron chi connectivity index (χ4n) is 4.32.